The summed E-state index contributed by atoms with van der Waals surface area (Å²) in [6.07, 6.45) is 0. The number of carbonyl (C=O) groups is 1. The van der Waals surface area contributed by atoms with Gasteiger partial charge >= 0.3 is 0 Å². The number of benzene rings is 1. The van der Waals surface area contributed by atoms with E-state index in [2.05, 4.69) is 29.4 Å². The first kappa shape index (κ1) is 14.3. The molecule has 1 heterocycles. The standard InChI is InChI=1S/C16H21N3O/c1-10(2)15(13-8-6-5-7-9-13)17-16(20)14-11(3)18-19-12(14)4/h5-10,15H,1-4H3,(H,17,20)(H,18,19). The molecular weight excluding hydrogens is 250 g/mol. The fourth-order valence-electron chi connectivity index (χ4n) is 2.39. The van der Waals surface area contributed by atoms with Crippen LogP contribution in [0.4, 0.5) is 0 Å². The van der Waals surface area contributed by atoms with Crippen LogP contribution in [-0.4, -0.2) is 16.1 Å². The Morgan fingerprint density at radius 2 is 1.85 bits per heavy atom. The number of amides is 1. The van der Waals surface area contributed by atoms with Crippen molar-refractivity contribution in [3.8, 4) is 0 Å². The number of nitrogens with one attached hydrogen (secondary N) is 2. The summed E-state index contributed by atoms with van der Waals surface area (Å²) in [5.74, 6) is 0.241. The molecule has 2 aromatic rings. The zero-order chi connectivity index (χ0) is 14.7. The largest absolute Gasteiger partial charge is 0.345 e. The lowest BCUT2D eigenvalue weighted by Crippen LogP contribution is -2.32. The van der Waals surface area contributed by atoms with Gasteiger partial charge in [0.1, 0.15) is 0 Å². The lowest BCUT2D eigenvalue weighted by molar-refractivity contribution is 0.0924. The van der Waals surface area contributed by atoms with Gasteiger partial charge < -0.3 is 5.32 Å². The molecule has 0 radical (unpaired) electrons. The first-order valence-electron chi connectivity index (χ1n) is 6.88. The molecule has 1 aromatic heterocycles. The van der Waals surface area contributed by atoms with E-state index in [1.54, 1.807) is 0 Å². The molecule has 4 heteroatoms. The van der Waals surface area contributed by atoms with Crippen molar-refractivity contribution in [2.75, 3.05) is 0 Å². The molecule has 0 spiro atoms. The van der Waals surface area contributed by atoms with Gasteiger partial charge in [-0.15, -0.1) is 0 Å². The zero-order valence-corrected chi connectivity index (χ0v) is 12.4. The Kier molecular flexibility index (Phi) is 4.23. The predicted molar refractivity (Wildman–Crippen MR) is 79.5 cm³/mol. The van der Waals surface area contributed by atoms with Crippen LogP contribution in [-0.2, 0) is 0 Å². The average molecular weight is 271 g/mol. The molecule has 0 aliphatic heterocycles. The fourth-order valence-corrected chi connectivity index (χ4v) is 2.39. The lowest BCUT2D eigenvalue weighted by Gasteiger charge is -2.23. The number of aromatic nitrogens is 2. The van der Waals surface area contributed by atoms with Crippen LogP contribution in [0.5, 0.6) is 0 Å². The second kappa shape index (κ2) is 5.90. The molecule has 2 N–H and O–H groups in total. The molecule has 1 amide bonds. The maximum Gasteiger partial charge on any atom is 0.255 e. The smallest absolute Gasteiger partial charge is 0.255 e. The first-order chi connectivity index (χ1) is 9.50. The van der Waals surface area contributed by atoms with Crippen molar-refractivity contribution in [3.05, 3.63) is 52.8 Å². The molecule has 1 aromatic carbocycles. The van der Waals surface area contributed by atoms with E-state index >= 15 is 0 Å². The molecule has 1 unspecified atom stereocenters. The van der Waals surface area contributed by atoms with E-state index in [-0.39, 0.29) is 11.9 Å². The highest BCUT2D eigenvalue weighted by Crippen LogP contribution is 2.22. The van der Waals surface area contributed by atoms with Gasteiger partial charge in [0.15, 0.2) is 0 Å². The van der Waals surface area contributed by atoms with Crippen LogP contribution in [0, 0.1) is 19.8 Å². The van der Waals surface area contributed by atoms with Gasteiger partial charge in [0.2, 0.25) is 0 Å². The monoisotopic (exact) mass is 271 g/mol. The van der Waals surface area contributed by atoms with Crippen molar-refractivity contribution in [1.82, 2.24) is 15.5 Å². The van der Waals surface area contributed by atoms with Crippen LogP contribution in [0.1, 0.15) is 47.2 Å². The van der Waals surface area contributed by atoms with Crippen LogP contribution < -0.4 is 5.32 Å². The molecule has 0 saturated carbocycles. The van der Waals surface area contributed by atoms with Crippen LogP contribution >= 0.6 is 0 Å². The Morgan fingerprint density at radius 1 is 1.20 bits per heavy atom. The molecule has 1 atom stereocenters. The predicted octanol–water partition coefficient (Wildman–Crippen LogP) is 3.15. The van der Waals surface area contributed by atoms with Gasteiger partial charge in [0.05, 0.1) is 17.3 Å². The molecule has 0 aliphatic carbocycles. The van der Waals surface area contributed by atoms with Gasteiger partial charge in [-0.2, -0.15) is 5.10 Å². The zero-order valence-electron chi connectivity index (χ0n) is 12.4. The molecule has 106 valence electrons. The molecule has 2 rings (SSSR count). The number of hydrogen-bond donors (Lipinski definition) is 2. The first-order valence-corrected chi connectivity index (χ1v) is 6.88. The summed E-state index contributed by atoms with van der Waals surface area (Å²) in [4.78, 5) is 12.5. The van der Waals surface area contributed by atoms with E-state index in [9.17, 15) is 4.79 Å². The second-order valence-electron chi connectivity index (χ2n) is 5.41. The van der Waals surface area contributed by atoms with Crippen molar-refractivity contribution < 1.29 is 4.79 Å². The maximum absolute atomic E-state index is 12.5. The highest BCUT2D eigenvalue weighted by atomic mass is 16.1. The molecule has 0 aliphatic rings. The number of carbonyl (C=O) groups excluding carboxylic acids is 1. The topological polar surface area (TPSA) is 57.8 Å². The highest BCUT2D eigenvalue weighted by Gasteiger charge is 2.22. The van der Waals surface area contributed by atoms with E-state index in [0.29, 0.717) is 11.5 Å². The van der Waals surface area contributed by atoms with E-state index in [1.165, 1.54) is 0 Å². The summed E-state index contributed by atoms with van der Waals surface area (Å²) in [6, 6.07) is 10.0. The third-order valence-corrected chi connectivity index (χ3v) is 3.47. The summed E-state index contributed by atoms with van der Waals surface area (Å²) in [7, 11) is 0. The van der Waals surface area contributed by atoms with Gasteiger partial charge in [-0.25, -0.2) is 0 Å². The Balaban J connectivity index is 2.24. The minimum Gasteiger partial charge on any atom is -0.345 e. The van der Waals surface area contributed by atoms with Gasteiger partial charge in [-0.05, 0) is 25.3 Å². The number of aromatic amines is 1. The molecule has 20 heavy (non-hydrogen) atoms. The summed E-state index contributed by atoms with van der Waals surface area (Å²) in [6.45, 7) is 7.91. The minimum absolute atomic E-state index is 0.00241. The molecular formula is C16H21N3O. The van der Waals surface area contributed by atoms with Crippen LogP contribution in [0.15, 0.2) is 30.3 Å². The summed E-state index contributed by atoms with van der Waals surface area (Å²) in [5.41, 5.74) is 3.30. The second-order valence-corrected chi connectivity index (χ2v) is 5.41. The van der Waals surface area contributed by atoms with Crippen molar-refractivity contribution in [3.63, 3.8) is 0 Å². The Bertz CT molecular complexity index is 568. The van der Waals surface area contributed by atoms with Crippen LogP contribution in [0.3, 0.4) is 0 Å². The number of H-pyrrole nitrogens is 1. The van der Waals surface area contributed by atoms with Crippen LogP contribution in [0.25, 0.3) is 0 Å². The number of nitrogens with zero attached hydrogens (tertiary/aromatic N) is 1. The molecule has 0 bridgehead atoms. The molecule has 0 saturated heterocycles. The molecule has 4 nitrogen and oxygen atoms in total. The Labute approximate surface area is 119 Å². The van der Waals surface area contributed by atoms with E-state index in [1.807, 2.05) is 44.2 Å². The number of rotatable bonds is 4. The van der Waals surface area contributed by atoms with Crippen molar-refractivity contribution >= 4 is 5.91 Å². The number of hydrogen-bond acceptors (Lipinski definition) is 2. The van der Waals surface area contributed by atoms with Crippen molar-refractivity contribution in [2.24, 2.45) is 5.92 Å². The fraction of sp³-hybridized carbons (Fsp3) is 0.375. The van der Waals surface area contributed by atoms with Gasteiger partial charge in [-0.1, -0.05) is 44.2 Å². The summed E-state index contributed by atoms with van der Waals surface area (Å²) in [5, 5.41) is 10.0. The van der Waals surface area contributed by atoms with E-state index in [4.69, 9.17) is 0 Å². The SMILES string of the molecule is Cc1n[nH]c(C)c1C(=O)NC(c1ccccc1)C(C)C. The van der Waals surface area contributed by atoms with Crippen LogP contribution in [0.2, 0.25) is 0 Å². The number of aryl methyl sites for hydroxylation is 2. The molecule has 0 fully saturated rings. The Hall–Kier alpha value is -2.10. The van der Waals surface area contributed by atoms with Gasteiger partial charge in [-0.3, -0.25) is 9.89 Å². The normalized spacial score (nSPS) is 12.4. The maximum atomic E-state index is 12.5. The summed E-state index contributed by atoms with van der Waals surface area (Å²) < 4.78 is 0. The minimum atomic E-state index is -0.0729. The highest BCUT2D eigenvalue weighted by molar-refractivity contribution is 5.96. The van der Waals surface area contributed by atoms with Crippen molar-refractivity contribution in [1.29, 1.82) is 0 Å². The Morgan fingerprint density at radius 3 is 2.35 bits per heavy atom. The summed E-state index contributed by atoms with van der Waals surface area (Å²) >= 11 is 0. The quantitative estimate of drug-likeness (QED) is 0.897. The van der Waals surface area contributed by atoms with Gasteiger partial charge in [0.25, 0.3) is 5.91 Å². The van der Waals surface area contributed by atoms with Gasteiger partial charge in [0, 0.05) is 5.69 Å². The third kappa shape index (κ3) is 2.90. The van der Waals surface area contributed by atoms with E-state index in [0.717, 1.165) is 17.0 Å². The lowest BCUT2D eigenvalue weighted by atomic mass is 9.95. The average Bonchev–Trinajstić information content (AvgIpc) is 2.76. The van der Waals surface area contributed by atoms with E-state index < -0.39 is 0 Å². The van der Waals surface area contributed by atoms with Crippen molar-refractivity contribution in [2.45, 2.75) is 33.7 Å². The third-order valence-electron chi connectivity index (χ3n) is 3.47.